The molecule has 0 aliphatic heterocycles. The normalized spacial score (nSPS) is 13.3. The molecule has 1 heterocycles. The molecule has 1 fully saturated rings. The third kappa shape index (κ3) is 5.55. The SMILES string of the molecule is COCCOc1ccc(CNC(=O)c2sc(NC(=O)C3CC3)cc2C)cc1. The van der Waals surface area contributed by atoms with Crippen LogP contribution in [-0.2, 0) is 16.1 Å². The highest BCUT2D eigenvalue weighted by atomic mass is 32.1. The second-order valence-corrected chi connectivity index (χ2v) is 7.61. The van der Waals surface area contributed by atoms with Crippen molar-refractivity contribution in [1.82, 2.24) is 5.32 Å². The van der Waals surface area contributed by atoms with Crippen LogP contribution in [0.1, 0.15) is 33.6 Å². The molecule has 27 heavy (non-hydrogen) atoms. The lowest BCUT2D eigenvalue weighted by atomic mass is 10.2. The molecule has 0 bridgehead atoms. The summed E-state index contributed by atoms with van der Waals surface area (Å²) in [6.07, 6.45) is 1.92. The maximum absolute atomic E-state index is 12.5. The first-order valence-electron chi connectivity index (χ1n) is 8.97. The van der Waals surface area contributed by atoms with Gasteiger partial charge in [-0.15, -0.1) is 11.3 Å². The summed E-state index contributed by atoms with van der Waals surface area (Å²) in [6, 6.07) is 9.44. The van der Waals surface area contributed by atoms with Crippen molar-refractivity contribution in [2.24, 2.45) is 5.92 Å². The van der Waals surface area contributed by atoms with E-state index in [0.717, 1.165) is 34.7 Å². The second-order valence-electron chi connectivity index (χ2n) is 6.55. The van der Waals surface area contributed by atoms with Gasteiger partial charge in [-0.2, -0.15) is 0 Å². The first-order valence-corrected chi connectivity index (χ1v) is 9.78. The van der Waals surface area contributed by atoms with E-state index in [1.165, 1.54) is 11.3 Å². The third-order valence-corrected chi connectivity index (χ3v) is 5.40. The van der Waals surface area contributed by atoms with Crippen LogP contribution < -0.4 is 15.4 Å². The summed E-state index contributed by atoms with van der Waals surface area (Å²) in [5.41, 5.74) is 1.85. The van der Waals surface area contributed by atoms with Crippen molar-refractivity contribution in [3.8, 4) is 5.75 Å². The monoisotopic (exact) mass is 388 g/mol. The van der Waals surface area contributed by atoms with E-state index in [1.807, 2.05) is 37.3 Å². The van der Waals surface area contributed by atoms with Crippen LogP contribution in [0.15, 0.2) is 30.3 Å². The number of amides is 2. The topological polar surface area (TPSA) is 76.7 Å². The third-order valence-electron chi connectivity index (χ3n) is 4.25. The highest BCUT2D eigenvalue weighted by Crippen LogP contribution is 2.32. The molecule has 2 N–H and O–H groups in total. The zero-order valence-electron chi connectivity index (χ0n) is 15.5. The van der Waals surface area contributed by atoms with Gasteiger partial charge in [-0.3, -0.25) is 9.59 Å². The molecule has 0 atom stereocenters. The number of carbonyl (C=O) groups is 2. The van der Waals surface area contributed by atoms with Crippen molar-refractivity contribution in [3.63, 3.8) is 0 Å². The van der Waals surface area contributed by atoms with E-state index in [4.69, 9.17) is 9.47 Å². The number of ether oxygens (including phenoxy) is 2. The maximum Gasteiger partial charge on any atom is 0.261 e. The lowest BCUT2D eigenvalue weighted by Crippen LogP contribution is -2.22. The maximum atomic E-state index is 12.5. The molecule has 0 radical (unpaired) electrons. The van der Waals surface area contributed by atoms with Crippen molar-refractivity contribution < 1.29 is 19.1 Å². The van der Waals surface area contributed by atoms with Crippen LogP contribution in [0, 0.1) is 12.8 Å². The second kappa shape index (κ2) is 9.01. The largest absolute Gasteiger partial charge is 0.491 e. The Hall–Kier alpha value is -2.38. The smallest absolute Gasteiger partial charge is 0.261 e. The summed E-state index contributed by atoms with van der Waals surface area (Å²) >= 11 is 1.31. The number of methoxy groups -OCH3 is 1. The van der Waals surface area contributed by atoms with Gasteiger partial charge in [0.25, 0.3) is 5.91 Å². The van der Waals surface area contributed by atoms with Crippen LogP contribution in [-0.4, -0.2) is 32.1 Å². The molecule has 1 aliphatic rings. The lowest BCUT2D eigenvalue weighted by molar-refractivity contribution is -0.117. The van der Waals surface area contributed by atoms with E-state index >= 15 is 0 Å². The van der Waals surface area contributed by atoms with Crippen molar-refractivity contribution in [2.45, 2.75) is 26.3 Å². The van der Waals surface area contributed by atoms with Gasteiger partial charge >= 0.3 is 0 Å². The number of anilines is 1. The first kappa shape index (κ1) is 19.4. The number of hydrogen-bond acceptors (Lipinski definition) is 5. The van der Waals surface area contributed by atoms with Gasteiger partial charge in [-0.05, 0) is 49.1 Å². The molecule has 1 aromatic carbocycles. The molecule has 2 aromatic rings. The summed E-state index contributed by atoms with van der Waals surface area (Å²) in [5, 5.41) is 6.55. The molecular formula is C20H24N2O4S. The van der Waals surface area contributed by atoms with Gasteiger partial charge in [0.05, 0.1) is 16.5 Å². The van der Waals surface area contributed by atoms with E-state index in [1.54, 1.807) is 7.11 Å². The first-order chi connectivity index (χ1) is 13.1. The Morgan fingerprint density at radius 2 is 1.93 bits per heavy atom. The molecule has 7 heteroatoms. The zero-order valence-corrected chi connectivity index (χ0v) is 16.4. The van der Waals surface area contributed by atoms with Crippen molar-refractivity contribution >= 4 is 28.2 Å². The summed E-state index contributed by atoms with van der Waals surface area (Å²) in [4.78, 5) is 25.0. The van der Waals surface area contributed by atoms with E-state index in [9.17, 15) is 9.59 Å². The molecule has 0 saturated heterocycles. The predicted molar refractivity (Wildman–Crippen MR) is 105 cm³/mol. The fraction of sp³-hybridized carbons (Fsp3) is 0.400. The van der Waals surface area contributed by atoms with Crippen LogP contribution in [0.2, 0.25) is 0 Å². The van der Waals surface area contributed by atoms with Gasteiger partial charge in [0.2, 0.25) is 5.91 Å². The number of carbonyl (C=O) groups excluding carboxylic acids is 2. The Morgan fingerprint density at radius 3 is 2.59 bits per heavy atom. The highest BCUT2D eigenvalue weighted by Gasteiger charge is 2.30. The summed E-state index contributed by atoms with van der Waals surface area (Å²) in [7, 11) is 1.63. The molecule has 144 valence electrons. The average molecular weight is 388 g/mol. The van der Waals surface area contributed by atoms with Crippen molar-refractivity contribution in [1.29, 1.82) is 0 Å². The van der Waals surface area contributed by atoms with E-state index in [2.05, 4.69) is 10.6 Å². The van der Waals surface area contributed by atoms with E-state index in [-0.39, 0.29) is 17.7 Å². The zero-order chi connectivity index (χ0) is 19.2. The highest BCUT2D eigenvalue weighted by molar-refractivity contribution is 7.18. The molecular weight excluding hydrogens is 364 g/mol. The minimum absolute atomic E-state index is 0.0519. The number of nitrogens with one attached hydrogen (secondary N) is 2. The number of hydrogen-bond donors (Lipinski definition) is 2. The van der Waals surface area contributed by atoms with Gasteiger partial charge in [-0.1, -0.05) is 12.1 Å². The predicted octanol–water partition coefficient (Wildman–Crippen LogP) is 3.36. The molecule has 3 rings (SSSR count). The molecule has 2 amide bonds. The van der Waals surface area contributed by atoms with Crippen LogP contribution in [0.4, 0.5) is 5.00 Å². The van der Waals surface area contributed by atoms with Crippen molar-refractivity contribution in [2.75, 3.05) is 25.6 Å². The average Bonchev–Trinajstić information content (AvgIpc) is 3.45. The number of rotatable bonds is 9. The fourth-order valence-electron chi connectivity index (χ4n) is 2.55. The molecule has 0 spiro atoms. The van der Waals surface area contributed by atoms with Gasteiger partial charge in [-0.25, -0.2) is 0 Å². The van der Waals surface area contributed by atoms with Crippen LogP contribution in [0.25, 0.3) is 0 Å². The van der Waals surface area contributed by atoms with Gasteiger partial charge in [0.1, 0.15) is 12.4 Å². The van der Waals surface area contributed by atoms with Gasteiger partial charge < -0.3 is 20.1 Å². The Morgan fingerprint density at radius 1 is 1.19 bits per heavy atom. The van der Waals surface area contributed by atoms with Gasteiger partial charge in [0, 0.05) is 19.6 Å². The standard InChI is InChI=1S/C20H24N2O4S/c1-13-11-17(22-19(23)15-5-6-15)27-18(13)20(24)21-12-14-3-7-16(8-4-14)26-10-9-25-2/h3-4,7-8,11,15H,5-6,9-10,12H2,1-2H3,(H,21,24)(H,22,23). The van der Waals surface area contributed by atoms with Crippen LogP contribution in [0.5, 0.6) is 5.75 Å². The molecule has 1 aromatic heterocycles. The Bertz CT molecular complexity index is 797. The molecule has 1 saturated carbocycles. The minimum atomic E-state index is -0.134. The van der Waals surface area contributed by atoms with Crippen LogP contribution >= 0.6 is 11.3 Å². The molecule has 6 nitrogen and oxygen atoms in total. The summed E-state index contributed by atoms with van der Waals surface area (Å²) in [6.45, 7) is 3.35. The lowest BCUT2D eigenvalue weighted by Gasteiger charge is -2.08. The number of benzene rings is 1. The fourth-order valence-corrected chi connectivity index (χ4v) is 3.54. The van der Waals surface area contributed by atoms with Crippen molar-refractivity contribution in [3.05, 3.63) is 46.3 Å². The molecule has 0 unspecified atom stereocenters. The Kier molecular flexibility index (Phi) is 6.47. The quantitative estimate of drug-likeness (QED) is 0.646. The van der Waals surface area contributed by atoms with E-state index < -0.39 is 0 Å². The minimum Gasteiger partial charge on any atom is -0.491 e. The van der Waals surface area contributed by atoms with Gasteiger partial charge in [0.15, 0.2) is 0 Å². The van der Waals surface area contributed by atoms with E-state index in [0.29, 0.717) is 24.6 Å². The summed E-state index contributed by atoms with van der Waals surface area (Å²) < 4.78 is 10.5. The Labute approximate surface area is 162 Å². The number of aryl methyl sites for hydroxylation is 1. The molecule has 1 aliphatic carbocycles. The Balaban J connectivity index is 1.51. The van der Waals surface area contributed by atoms with Crippen LogP contribution in [0.3, 0.4) is 0 Å². The summed E-state index contributed by atoms with van der Waals surface area (Å²) in [5.74, 6) is 0.833. The number of thiophene rings is 1.